The molecule has 8 heteroatoms. The number of anilines is 1. The van der Waals surface area contributed by atoms with Gasteiger partial charge in [0.2, 0.25) is 11.8 Å². The van der Waals surface area contributed by atoms with Crippen molar-refractivity contribution in [3.8, 4) is 0 Å². The highest BCUT2D eigenvalue weighted by Gasteiger charge is 2.07. The Hall–Kier alpha value is -3.16. The van der Waals surface area contributed by atoms with Crippen molar-refractivity contribution < 1.29 is 9.59 Å². The van der Waals surface area contributed by atoms with Crippen molar-refractivity contribution in [3.63, 3.8) is 0 Å². The van der Waals surface area contributed by atoms with Gasteiger partial charge in [0, 0.05) is 30.4 Å². The van der Waals surface area contributed by atoms with Gasteiger partial charge in [0.25, 0.3) is 5.56 Å². The summed E-state index contributed by atoms with van der Waals surface area (Å²) < 4.78 is 1.11. The second-order valence-corrected chi connectivity index (χ2v) is 5.86. The van der Waals surface area contributed by atoms with Crippen molar-refractivity contribution >= 4 is 17.5 Å². The van der Waals surface area contributed by atoms with Crippen LogP contribution in [0.25, 0.3) is 0 Å². The van der Waals surface area contributed by atoms with Crippen LogP contribution in [-0.4, -0.2) is 21.4 Å². The van der Waals surface area contributed by atoms with E-state index in [4.69, 9.17) is 0 Å². The molecule has 0 saturated heterocycles. The van der Waals surface area contributed by atoms with E-state index >= 15 is 0 Å². The number of nitrogens with zero attached hydrogens (tertiary/aromatic N) is 1. The van der Waals surface area contributed by atoms with Crippen LogP contribution in [0.5, 0.6) is 0 Å². The molecular weight excluding hydrogens is 324 g/mol. The molecule has 2 amide bonds. The topological polar surface area (TPSA) is 113 Å². The van der Waals surface area contributed by atoms with E-state index in [2.05, 4.69) is 15.6 Å². The van der Waals surface area contributed by atoms with Crippen molar-refractivity contribution in [3.05, 3.63) is 62.9 Å². The minimum absolute atomic E-state index is 0.0626. The average Bonchev–Trinajstić information content (AvgIpc) is 2.56. The molecule has 1 aromatic heterocycles. The molecule has 0 unspecified atom stereocenters. The molecule has 0 spiro atoms. The predicted molar refractivity (Wildman–Crippen MR) is 93.1 cm³/mol. The Kier molecular flexibility index (Phi) is 5.89. The van der Waals surface area contributed by atoms with Gasteiger partial charge < -0.3 is 10.6 Å². The molecule has 0 aliphatic carbocycles. The van der Waals surface area contributed by atoms with E-state index in [1.54, 1.807) is 24.3 Å². The number of carbonyl (C=O) groups is 2. The Morgan fingerprint density at radius 2 is 1.80 bits per heavy atom. The summed E-state index contributed by atoms with van der Waals surface area (Å²) in [5.74, 6) is -0.519. The zero-order valence-electron chi connectivity index (χ0n) is 14.0. The summed E-state index contributed by atoms with van der Waals surface area (Å²) in [7, 11) is 0. The van der Waals surface area contributed by atoms with Gasteiger partial charge in [-0.15, -0.1) is 0 Å². The van der Waals surface area contributed by atoms with E-state index in [1.807, 2.05) is 13.8 Å². The van der Waals surface area contributed by atoms with Crippen molar-refractivity contribution in [1.29, 1.82) is 0 Å². The summed E-state index contributed by atoms with van der Waals surface area (Å²) in [5.41, 5.74) is 0.400. The maximum absolute atomic E-state index is 11.9. The summed E-state index contributed by atoms with van der Waals surface area (Å²) in [5, 5.41) is 5.47. The van der Waals surface area contributed by atoms with Gasteiger partial charge in [-0.1, -0.05) is 26.0 Å². The number of carbonyl (C=O) groups excluding carboxylic acids is 2. The monoisotopic (exact) mass is 344 g/mol. The maximum Gasteiger partial charge on any atom is 0.328 e. The second kappa shape index (κ2) is 8.09. The molecule has 0 aliphatic rings. The highest BCUT2D eigenvalue weighted by atomic mass is 16.2. The van der Waals surface area contributed by atoms with E-state index in [1.165, 1.54) is 12.3 Å². The lowest BCUT2D eigenvalue weighted by Crippen LogP contribution is -2.35. The zero-order valence-corrected chi connectivity index (χ0v) is 14.0. The van der Waals surface area contributed by atoms with Crippen molar-refractivity contribution in [2.45, 2.75) is 26.9 Å². The smallest absolute Gasteiger partial charge is 0.328 e. The van der Waals surface area contributed by atoms with Crippen LogP contribution >= 0.6 is 0 Å². The van der Waals surface area contributed by atoms with Crippen LogP contribution < -0.4 is 21.9 Å². The van der Waals surface area contributed by atoms with Gasteiger partial charge >= 0.3 is 5.69 Å². The highest BCUT2D eigenvalue weighted by Crippen LogP contribution is 2.10. The number of rotatable bonds is 6. The van der Waals surface area contributed by atoms with Crippen molar-refractivity contribution in [1.82, 2.24) is 14.9 Å². The fourth-order valence-corrected chi connectivity index (χ4v) is 1.97. The minimum Gasteiger partial charge on any atom is -0.350 e. The third kappa shape index (κ3) is 5.45. The fourth-order valence-electron chi connectivity index (χ4n) is 1.97. The van der Waals surface area contributed by atoms with Crippen LogP contribution in [-0.2, 0) is 22.7 Å². The summed E-state index contributed by atoms with van der Waals surface area (Å²) in [6.07, 6.45) is 1.27. The summed E-state index contributed by atoms with van der Waals surface area (Å²) in [6.45, 7) is 3.73. The Labute approximate surface area is 143 Å². The zero-order chi connectivity index (χ0) is 18.4. The van der Waals surface area contributed by atoms with Crippen LogP contribution in [0.15, 0.2) is 46.1 Å². The number of amides is 2. The number of H-pyrrole nitrogens is 1. The molecule has 0 radical (unpaired) electrons. The van der Waals surface area contributed by atoms with Crippen LogP contribution in [0, 0.1) is 5.92 Å². The molecule has 1 heterocycles. The first-order valence-corrected chi connectivity index (χ1v) is 7.81. The third-order valence-corrected chi connectivity index (χ3v) is 3.45. The number of benzene rings is 1. The summed E-state index contributed by atoms with van der Waals surface area (Å²) in [4.78, 5) is 48.1. The largest absolute Gasteiger partial charge is 0.350 e. The Morgan fingerprint density at radius 3 is 2.40 bits per heavy atom. The summed E-state index contributed by atoms with van der Waals surface area (Å²) >= 11 is 0. The van der Waals surface area contributed by atoms with E-state index in [-0.39, 0.29) is 30.8 Å². The molecule has 0 aliphatic heterocycles. The number of aromatic amines is 1. The first-order chi connectivity index (χ1) is 11.8. The molecule has 132 valence electrons. The molecule has 0 saturated carbocycles. The quantitative estimate of drug-likeness (QED) is 0.706. The van der Waals surface area contributed by atoms with Gasteiger partial charge in [-0.05, 0) is 17.7 Å². The second-order valence-electron chi connectivity index (χ2n) is 5.86. The standard InChI is InChI=1S/C17H20N4O4/c1-11(2)16(24)19-13-5-3-12(4-6-13)9-18-15(23)10-21-8-7-14(22)20-17(21)25/h3-8,11H,9-10H2,1-2H3,(H,18,23)(H,19,24)(H,20,22,25). The van der Waals surface area contributed by atoms with Crippen LogP contribution in [0.3, 0.4) is 0 Å². The van der Waals surface area contributed by atoms with Crippen LogP contribution in [0.2, 0.25) is 0 Å². The number of aromatic nitrogens is 2. The SMILES string of the molecule is CC(C)C(=O)Nc1ccc(CNC(=O)Cn2ccc(=O)[nH]c2=O)cc1. The van der Waals surface area contributed by atoms with E-state index in [9.17, 15) is 19.2 Å². The van der Waals surface area contributed by atoms with Crippen LogP contribution in [0.1, 0.15) is 19.4 Å². The number of hydrogen-bond acceptors (Lipinski definition) is 4. The molecule has 25 heavy (non-hydrogen) atoms. The third-order valence-electron chi connectivity index (χ3n) is 3.45. The first-order valence-electron chi connectivity index (χ1n) is 7.81. The first kappa shape index (κ1) is 18.2. The van der Waals surface area contributed by atoms with Gasteiger partial charge in [-0.25, -0.2) is 4.79 Å². The van der Waals surface area contributed by atoms with Gasteiger partial charge in [0.15, 0.2) is 0 Å². The molecule has 0 atom stereocenters. The number of nitrogens with one attached hydrogen (secondary N) is 3. The summed E-state index contributed by atoms with van der Waals surface area (Å²) in [6, 6.07) is 8.28. The van der Waals surface area contributed by atoms with E-state index < -0.39 is 11.2 Å². The molecule has 3 N–H and O–H groups in total. The lowest BCUT2D eigenvalue weighted by molar-refractivity contribution is -0.122. The minimum atomic E-state index is -0.632. The van der Waals surface area contributed by atoms with Gasteiger partial charge in [-0.2, -0.15) is 0 Å². The van der Waals surface area contributed by atoms with Gasteiger partial charge in [-0.3, -0.25) is 23.9 Å². The molecule has 1 aromatic carbocycles. The molecular formula is C17H20N4O4. The van der Waals surface area contributed by atoms with Crippen molar-refractivity contribution in [2.75, 3.05) is 5.32 Å². The number of hydrogen-bond donors (Lipinski definition) is 3. The van der Waals surface area contributed by atoms with E-state index in [0.717, 1.165) is 10.1 Å². The lowest BCUT2D eigenvalue weighted by Gasteiger charge is -2.09. The molecule has 2 rings (SSSR count). The highest BCUT2D eigenvalue weighted by molar-refractivity contribution is 5.92. The van der Waals surface area contributed by atoms with Gasteiger partial charge in [0.1, 0.15) is 6.54 Å². The normalized spacial score (nSPS) is 10.5. The molecule has 0 bridgehead atoms. The Morgan fingerprint density at radius 1 is 1.12 bits per heavy atom. The molecule has 2 aromatic rings. The predicted octanol–water partition coefficient (Wildman–Crippen LogP) is 0.448. The molecule has 0 fully saturated rings. The lowest BCUT2D eigenvalue weighted by atomic mass is 10.1. The molecule has 8 nitrogen and oxygen atoms in total. The van der Waals surface area contributed by atoms with Crippen LogP contribution in [0.4, 0.5) is 5.69 Å². The fraction of sp³-hybridized carbons (Fsp3) is 0.294. The Balaban J connectivity index is 1.88. The van der Waals surface area contributed by atoms with Crippen molar-refractivity contribution in [2.24, 2.45) is 5.92 Å². The van der Waals surface area contributed by atoms with E-state index in [0.29, 0.717) is 5.69 Å². The average molecular weight is 344 g/mol. The van der Waals surface area contributed by atoms with Gasteiger partial charge in [0.05, 0.1) is 0 Å². The Bertz CT molecular complexity index is 865. The maximum atomic E-state index is 11.9.